The Morgan fingerprint density at radius 3 is 2.68 bits per heavy atom. The number of unbranched alkanes of at least 4 members (excludes halogenated alkanes) is 2. The molecule has 116 valence electrons. The lowest BCUT2D eigenvalue weighted by Gasteiger charge is -2.14. The number of aldehydes is 1. The molecule has 1 aromatic heterocycles. The van der Waals surface area contributed by atoms with Crippen molar-refractivity contribution in [3.05, 3.63) is 52.3 Å². The number of ether oxygens (including phenoxy) is 1. The first-order valence-electron chi connectivity index (χ1n) is 7.54. The Balaban J connectivity index is 2.51. The van der Waals surface area contributed by atoms with E-state index in [4.69, 9.17) is 4.74 Å². The van der Waals surface area contributed by atoms with E-state index in [2.05, 4.69) is 6.92 Å². The van der Waals surface area contributed by atoms with E-state index in [1.165, 1.54) is 0 Å². The standard InChI is InChI=1S/C18H21NO3/c1-3-4-5-11-19-17(10-9-15(13-20)18(19)21)14-7-6-8-16(12-14)22-2/h6-10,12-13H,3-5,11H2,1-2H3. The van der Waals surface area contributed by atoms with Gasteiger partial charge in [0, 0.05) is 12.1 Å². The number of methoxy groups -OCH3 is 1. The van der Waals surface area contributed by atoms with Gasteiger partial charge in [0.1, 0.15) is 5.75 Å². The molecule has 0 fully saturated rings. The van der Waals surface area contributed by atoms with E-state index in [0.29, 0.717) is 12.8 Å². The lowest BCUT2D eigenvalue weighted by molar-refractivity contribution is 0.112. The number of carbonyl (C=O) groups excluding carboxylic acids is 1. The van der Waals surface area contributed by atoms with E-state index in [9.17, 15) is 9.59 Å². The highest BCUT2D eigenvalue weighted by Gasteiger charge is 2.10. The molecule has 0 radical (unpaired) electrons. The molecule has 0 atom stereocenters. The fraction of sp³-hybridized carbons (Fsp3) is 0.333. The molecule has 22 heavy (non-hydrogen) atoms. The van der Waals surface area contributed by atoms with Crippen molar-refractivity contribution in [3.8, 4) is 17.0 Å². The van der Waals surface area contributed by atoms with E-state index in [1.807, 2.05) is 30.3 Å². The average molecular weight is 299 g/mol. The van der Waals surface area contributed by atoms with Gasteiger partial charge in [-0.05, 0) is 30.7 Å². The summed E-state index contributed by atoms with van der Waals surface area (Å²) in [6.07, 6.45) is 3.66. The molecule has 0 aliphatic rings. The van der Waals surface area contributed by atoms with Gasteiger partial charge >= 0.3 is 0 Å². The Kier molecular flexibility index (Phi) is 5.53. The third-order valence-corrected chi connectivity index (χ3v) is 3.68. The minimum absolute atomic E-state index is 0.197. The smallest absolute Gasteiger partial charge is 0.261 e. The van der Waals surface area contributed by atoms with Crippen molar-refractivity contribution in [2.45, 2.75) is 32.7 Å². The minimum atomic E-state index is -0.230. The predicted octanol–water partition coefficient (Wildman–Crippen LogP) is 3.53. The van der Waals surface area contributed by atoms with Crippen LogP contribution in [0, 0.1) is 0 Å². The number of hydrogen-bond donors (Lipinski definition) is 0. The number of nitrogens with zero attached hydrogens (tertiary/aromatic N) is 1. The predicted molar refractivity (Wildman–Crippen MR) is 87.6 cm³/mol. The van der Waals surface area contributed by atoms with Crippen LogP contribution in [0.25, 0.3) is 11.3 Å². The van der Waals surface area contributed by atoms with Crippen molar-refractivity contribution in [2.24, 2.45) is 0 Å². The molecule has 0 bridgehead atoms. The maximum Gasteiger partial charge on any atom is 0.261 e. The van der Waals surface area contributed by atoms with Gasteiger partial charge in [0.25, 0.3) is 5.56 Å². The van der Waals surface area contributed by atoms with Crippen molar-refractivity contribution < 1.29 is 9.53 Å². The van der Waals surface area contributed by atoms with Crippen LogP contribution in [0.4, 0.5) is 0 Å². The van der Waals surface area contributed by atoms with Gasteiger partial charge in [0.2, 0.25) is 0 Å². The molecular weight excluding hydrogens is 278 g/mol. The molecule has 0 N–H and O–H groups in total. The highest BCUT2D eigenvalue weighted by atomic mass is 16.5. The monoisotopic (exact) mass is 299 g/mol. The largest absolute Gasteiger partial charge is 0.497 e. The Morgan fingerprint density at radius 1 is 1.18 bits per heavy atom. The summed E-state index contributed by atoms with van der Waals surface area (Å²) >= 11 is 0. The average Bonchev–Trinajstić information content (AvgIpc) is 2.56. The molecule has 1 heterocycles. The van der Waals surface area contributed by atoms with E-state index in [1.54, 1.807) is 17.7 Å². The molecule has 0 saturated carbocycles. The second-order valence-electron chi connectivity index (χ2n) is 5.19. The van der Waals surface area contributed by atoms with Gasteiger partial charge in [0.05, 0.1) is 18.4 Å². The van der Waals surface area contributed by atoms with Crippen LogP contribution in [-0.2, 0) is 6.54 Å². The van der Waals surface area contributed by atoms with Crippen molar-refractivity contribution >= 4 is 6.29 Å². The maximum absolute atomic E-state index is 12.4. The first kappa shape index (κ1) is 16.0. The SMILES string of the molecule is CCCCCn1c(-c2cccc(OC)c2)ccc(C=O)c1=O. The van der Waals surface area contributed by atoms with Crippen LogP contribution in [0.2, 0.25) is 0 Å². The van der Waals surface area contributed by atoms with Crippen LogP contribution in [-0.4, -0.2) is 18.0 Å². The summed E-state index contributed by atoms with van der Waals surface area (Å²) in [5.74, 6) is 0.740. The molecule has 1 aromatic carbocycles. The molecule has 4 nitrogen and oxygen atoms in total. The first-order chi connectivity index (χ1) is 10.7. The zero-order valence-corrected chi connectivity index (χ0v) is 13.0. The highest BCUT2D eigenvalue weighted by Crippen LogP contribution is 2.23. The molecule has 4 heteroatoms. The van der Waals surface area contributed by atoms with E-state index >= 15 is 0 Å². The van der Waals surface area contributed by atoms with Gasteiger partial charge in [-0.25, -0.2) is 0 Å². The molecule has 0 amide bonds. The van der Waals surface area contributed by atoms with Crippen LogP contribution < -0.4 is 10.3 Å². The second kappa shape index (κ2) is 7.59. The Morgan fingerprint density at radius 2 is 2.00 bits per heavy atom. The summed E-state index contributed by atoms with van der Waals surface area (Å²) in [4.78, 5) is 23.5. The van der Waals surface area contributed by atoms with Crippen LogP contribution in [0.3, 0.4) is 0 Å². The van der Waals surface area contributed by atoms with Gasteiger partial charge in [-0.15, -0.1) is 0 Å². The van der Waals surface area contributed by atoms with E-state index in [-0.39, 0.29) is 11.1 Å². The third kappa shape index (κ3) is 3.45. The topological polar surface area (TPSA) is 48.3 Å². The Hall–Kier alpha value is -2.36. The highest BCUT2D eigenvalue weighted by molar-refractivity contribution is 5.75. The summed E-state index contributed by atoms with van der Waals surface area (Å²) in [7, 11) is 1.61. The molecule has 2 aromatic rings. The Labute approximate surface area is 130 Å². The molecular formula is C18H21NO3. The molecule has 2 rings (SSSR count). The van der Waals surface area contributed by atoms with Gasteiger partial charge < -0.3 is 9.30 Å². The summed E-state index contributed by atoms with van der Waals surface area (Å²) in [6, 6.07) is 11.0. The van der Waals surface area contributed by atoms with Gasteiger partial charge in [-0.2, -0.15) is 0 Å². The van der Waals surface area contributed by atoms with Gasteiger partial charge in [-0.3, -0.25) is 9.59 Å². The van der Waals surface area contributed by atoms with Crippen LogP contribution in [0.15, 0.2) is 41.2 Å². The number of benzene rings is 1. The fourth-order valence-electron chi connectivity index (χ4n) is 2.46. The van der Waals surface area contributed by atoms with Crippen molar-refractivity contribution in [1.82, 2.24) is 4.57 Å². The number of hydrogen-bond acceptors (Lipinski definition) is 3. The van der Waals surface area contributed by atoms with Crippen LogP contribution >= 0.6 is 0 Å². The lowest BCUT2D eigenvalue weighted by Crippen LogP contribution is -2.25. The molecule has 0 aliphatic carbocycles. The normalized spacial score (nSPS) is 10.5. The van der Waals surface area contributed by atoms with Gasteiger partial charge in [0.15, 0.2) is 6.29 Å². The second-order valence-corrected chi connectivity index (χ2v) is 5.19. The molecule has 0 spiro atoms. The minimum Gasteiger partial charge on any atom is -0.497 e. The van der Waals surface area contributed by atoms with Gasteiger partial charge in [-0.1, -0.05) is 31.9 Å². The van der Waals surface area contributed by atoms with Crippen LogP contribution in [0.5, 0.6) is 5.75 Å². The van der Waals surface area contributed by atoms with Crippen molar-refractivity contribution in [2.75, 3.05) is 7.11 Å². The zero-order valence-electron chi connectivity index (χ0n) is 13.0. The third-order valence-electron chi connectivity index (χ3n) is 3.68. The first-order valence-corrected chi connectivity index (χ1v) is 7.54. The number of aromatic nitrogens is 1. The molecule has 0 saturated heterocycles. The van der Waals surface area contributed by atoms with Crippen molar-refractivity contribution in [3.63, 3.8) is 0 Å². The summed E-state index contributed by atoms with van der Waals surface area (Å²) in [5, 5.41) is 0. The van der Waals surface area contributed by atoms with Crippen molar-refractivity contribution in [1.29, 1.82) is 0 Å². The number of carbonyl (C=O) groups is 1. The zero-order chi connectivity index (χ0) is 15.9. The van der Waals surface area contributed by atoms with Crippen LogP contribution in [0.1, 0.15) is 36.5 Å². The molecule has 0 unspecified atom stereocenters. The summed E-state index contributed by atoms with van der Waals surface area (Å²) in [6.45, 7) is 2.73. The molecule has 0 aliphatic heterocycles. The Bertz CT molecular complexity index is 704. The summed E-state index contributed by atoms with van der Waals surface area (Å²) < 4.78 is 6.93. The fourth-order valence-corrected chi connectivity index (χ4v) is 2.46. The number of rotatable bonds is 7. The maximum atomic E-state index is 12.4. The quantitative estimate of drug-likeness (QED) is 0.580. The lowest BCUT2D eigenvalue weighted by atomic mass is 10.1. The van der Waals surface area contributed by atoms with E-state index in [0.717, 1.165) is 36.3 Å². The van der Waals surface area contributed by atoms with E-state index < -0.39 is 0 Å². The summed E-state index contributed by atoms with van der Waals surface area (Å²) in [5.41, 5.74) is 1.69. The number of pyridine rings is 1.